The lowest BCUT2D eigenvalue weighted by Gasteiger charge is -2.22. The molecule has 0 atom stereocenters. The molecule has 11 heteroatoms. The fourth-order valence-corrected chi connectivity index (χ4v) is 3.27. The van der Waals surface area contributed by atoms with Crippen molar-refractivity contribution < 1.29 is 14.3 Å². The molecular formula is C18H15Cl2N5O4. The van der Waals surface area contributed by atoms with Gasteiger partial charge < -0.3 is 20.1 Å². The van der Waals surface area contributed by atoms with Gasteiger partial charge in [-0.2, -0.15) is 4.98 Å². The third-order valence-electron chi connectivity index (χ3n) is 4.30. The molecule has 0 saturated heterocycles. The largest absolute Gasteiger partial charge is 0.489 e. The molecule has 9 nitrogen and oxygen atoms in total. The number of hydrogen-bond acceptors (Lipinski definition) is 7. The Balaban J connectivity index is 1.79. The summed E-state index contributed by atoms with van der Waals surface area (Å²) >= 11 is 12.0. The molecule has 150 valence electrons. The third kappa shape index (κ3) is 3.79. The number of carbonyl (C=O) groups excluding carboxylic acids is 1. The van der Waals surface area contributed by atoms with Gasteiger partial charge in [-0.05, 0) is 23.7 Å². The first-order valence-electron chi connectivity index (χ1n) is 8.59. The number of anilines is 2. The van der Waals surface area contributed by atoms with Crippen molar-refractivity contribution >= 4 is 51.5 Å². The average molecular weight is 436 g/mol. The zero-order valence-corrected chi connectivity index (χ0v) is 16.7. The van der Waals surface area contributed by atoms with Gasteiger partial charge in [-0.15, -0.1) is 0 Å². The van der Waals surface area contributed by atoms with E-state index < -0.39 is 0 Å². The van der Waals surface area contributed by atoms with Gasteiger partial charge in [0.25, 0.3) is 11.5 Å². The van der Waals surface area contributed by atoms with Gasteiger partial charge in [0.2, 0.25) is 5.28 Å². The summed E-state index contributed by atoms with van der Waals surface area (Å²) in [6.45, 7) is 0.442. The van der Waals surface area contributed by atoms with E-state index in [0.29, 0.717) is 46.3 Å². The Bertz CT molecular complexity index is 1180. The molecule has 0 saturated carbocycles. The van der Waals surface area contributed by atoms with Gasteiger partial charge in [0.1, 0.15) is 17.4 Å². The predicted octanol–water partition coefficient (Wildman–Crippen LogP) is 2.36. The first kappa shape index (κ1) is 19.3. The van der Waals surface area contributed by atoms with Crippen molar-refractivity contribution in [1.29, 1.82) is 0 Å². The van der Waals surface area contributed by atoms with Crippen molar-refractivity contribution in [3.63, 3.8) is 0 Å². The fraction of sp³-hybridized carbons (Fsp3) is 0.222. The Morgan fingerprint density at radius 2 is 2.17 bits per heavy atom. The molecule has 0 aliphatic carbocycles. The fourth-order valence-electron chi connectivity index (χ4n) is 3.00. The molecule has 1 amide bonds. The number of amides is 1. The highest BCUT2D eigenvalue weighted by molar-refractivity contribution is 6.33. The van der Waals surface area contributed by atoms with Gasteiger partial charge in [0.15, 0.2) is 18.2 Å². The van der Waals surface area contributed by atoms with Gasteiger partial charge in [0, 0.05) is 24.2 Å². The number of likely N-dealkylation sites (N-methyl/N-ethyl adjacent to an activating group) is 1. The second kappa shape index (κ2) is 7.76. The van der Waals surface area contributed by atoms with E-state index in [4.69, 9.17) is 32.7 Å². The van der Waals surface area contributed by atoms with Crippen LogP contribution in [0.25, 0.3) is 10.9 Å². The maximum absolute atomic E-state index is 12.7. The van der Waals surface area contributed by atoms with Crippen LogP contribution in [-0.2, 0) is 11.3 Å². The molecule has 29 heavy (non-hydrogen) atoms. The smallest absolute Gasteiger partial charge is 0.293 e. The number of rotatable bonds is 5. The van der Waals surface area contributed by atoms with Gasteiger partial charge in [-0.25, -0.2) is 4.98 Å². The van der Waals surface area contributed by atoms with E-state index in [0.717, 1.165) is 0 Å². The van der Waals surface area contributed by atoms with Crippen molar-refractivity contribution in [2.24, 2.45) is 0 Å². The van der Waals surface area contributed by atoms with Crippen LogP contribution in [-0.4, -0.2) is 40.7 Å². The summed E-state index contributed by atoms with van der Waals surface area (Å²) in [4.78, 5) is 32.1. The first-order chi connectivity index (χ1) is 14.0. The number of aromatic nitrogens is 3. The van der Waals surface area contributed by atoms with E-state index in [1.54, 1.807) is 22.8 Å². The Labute approximate surface area is 174 Å². The summed E-state index contributed by atoms with van der Waals surface area (Å²) in [7, 11) is 1.49. The Morgan fingerprint density at radius 1 is 1.34 bits per heavy atom. The van der Waals surface area contributed by atoms with E-state index in [-0.39, 0.29) is 29.1 Å². The minimum atomic E-state index is -0.335. The second-order valence-corrected chi connectivity index (χ2v) is 6.89. The lowest BCUT2D eigenvalue weighted by Crippen LogP contribution is -2.31. The van der Waals surface area contributed by atoms with Crippen LogP contribution < -0.4 is 25.7 Å². The van der Waals surface area contributed by atoms with E-state index >= 15 is 0 Å². The number of carbonyl (C=O) groups is 1. The van der Waals surface area contributed by atoms with Crippen LogP contribution in [0, 0.1) is 0 Å². The quantitative estimate of drug-likeness (QED) is 0.592. The Kier molecular flexibility index (Phi) is 5.16. The number of benzene rings is 1. The summed E-state index contributed by atoms with van der Waals surface area (Å²) < 4.78 is 12.7. The topological polar surface area (TPSA) is 107 Å². The van der Waals surface area contributed by atoms with Gasteiger partial charge in [-0.3, -0.25) is 14.2 Å². The molecule has 0 unspecified atom stereocenters. The van der Waals surface area contributed by atoms with E-state index in [1.807, 2.05) is 0 Å². The third-order valence-corrected chi connectivity index (χ3v) is 4.76. The van der Waals surface area contributed by atoms with Crippen molar-refractivity contribution in [1.82, 2.24) is 19.9 Å². The maximum Gasteiger partial charge on any atom is 0.293 e. The summed E-state index contributed by atoms with van der Waals surface area (Å²) in [5.41, 5.74) is 0.941. The molecule has 2 aromatic heterocycles. The van der Waals surface area contributed by atoms with E-state index in [2.05, 4.69) is 20.6 Å². The van der Waals surface area contributed by atoms with Crippen LogP contribution in [0.3, 0.4) is 0 Å². The molecule has 2 N–H and O–H groups in total. The second-order valence-electron chi connectivity index (χ2n) is 6.15. The molecular weight excluding hydrogens is 421 g/mol. The summed E-state index contributed by atoms with van der Waals surface area (Å²) in [6.07, 6.45) is 1.39. The highest BCUT2D eigenvalue weighted by Crippen LogP contribution is 2.35. The molecule has 0 bridgehead atoms. The SMILES string of the molecule is CNC(=O)COc1cc2cc(Nc3nc(Cl)ncc3Cl)cc3c2n(c1=O)CCO3. The number of hydrogen-bond donors (Lipinski definition) is 2. The molecule has 0 spiro atoms. The van der Waals surface area contributed by atoms with Crippen molar-refractivity contribution in [2.45, 2.75) is 6.54 Å². The molecule has 0 fully saturated rings. The first-order valence-corrected chi connectivity index (χ1v) is 9.34. The number of halogens is 2. The van der Waals surface area contributed by atoms with Crippen LogP contribution in [0.1, 0.15) is 0 Å². The van der Waals surface area contributed by atoms with Crippen LogP contribution in [0.4, 0.5) is 11.5 Å². The summed E-state index contributed by atoms with van der Waals surface area (Å²) in [5.74, 6) is 0.605. The zero-order chi connectivity index (χ0) is 20.5. The Hall–Kier alpha value is -3.04. The monoisotopic (exact) mass is 435 g/mol. The van der Waals surface area contributed by atoms with E-state index in [9.17, 15) is 9.59 Å². The minimum Gasteiger partial charge on any atom is -0.489 e. The lowest BCUT2D eigenvalue weighted by molar-refractivity contribution is -0.122. The molecule has 4 rings (SSSR count). The highest BCUT2D eigenvalue weighted by Gasteiger charge is 2.20. The van der Waals surface area contributed by atoms with Crippen LogP contribution >= 0.6 is 23.2 Å². The number of nitrogens with zero attached hydrogens (tertiary/aromatic N) is 3. The highest BCUT2D eigenvalue weighted by atomic mass is 35.5. The van der Waals surface area contributed by atoms with Crippen molar-refractivity contribution in [3.05, 3.63) is 45.1 Å². The number of nitrogens with one attached hydrogen (secondary N) is 2. The number of pyridine rings is 1. The molecule has 3 heterocycles. The molecule has 1 aromatic carbocycles. The zero-order valence-electron chi connectivity index (χ0n) is 15.2. The van der Waals surface area contributed by atoms with Crippen LogP contribution in [0.15, 0.2) is 29.2 Å². The average Bonchev–Trinajstić information content (AvgIpc) is 2.71. The molecule has 3 aromatic rings. The van der Waals surface area contributed by atoms with Crippen molar-refractivity contribution in [2.75, 3.05) is 25.6 Å². The summed E-state index contributed by atoms with van der Waals surface area (Å²) in [6, 6.07) is 5.12. The van der Waals surface area contributed by atoms with Gasteiger partial charge in [-0.1, -0.05) is 11.6 Å². The predicted molar refractivity (Wildman–Crippen MR) is 109 cm³/mol. The molecule has 1 aliphatic rings. The minimum absolute atomic E-state index is 0.0500. The lowest BCUT2D eigenvalue weighted by atomic mass is 10.1. The van der Waals surface area contributed by atoms with Crippen LogP contribution in [0.5, 0.6) is 11.5 Å². The maximum atomic E-state index is 12.7. The van der Waals surface area contributed by atoms with E-state index in [1.165, 1.54) is 13.2 Å². The van der Waals surface area contributed by atoms with Gasteiger partial charge in [0.05, 0.1) is 18.3 Å². The summed E-state index contributed by atoms with van der Waals surface area (Å²) in [5, 5.41) is 6.56. The normalized spacial score (nSPS) is 12.4. The molecule has 0 radical (unpaired) electrons. The standard InChI is InChI=1S/C18H15Cl2N5O4/c1-21-14(26)8-29-13-5-9-4-10(23-16-11(19)7-22-18(20)24-16)6-12-15(9)25(17(13)27)2-3-28-12/h4-7H,2-3,8H2,1H3,(H,21,26)(H,22,23,24). The van der Waals surface area contributed by atoms with Gasteiger partial charge >= 0.3 is 0 Å². The Morgan fingerprint density at radius 3 is 2.97 bits per heavy atom. The van der Waals surface area contributed by atoms with Crippen molar-refractivity contribution in [3.8, 4) is 11.5 Å². The van der Waals surface area contributed by atoms with Crippen LogP contribution in [0.2, 0.25) is 10.3 Å². The number of ether oxygens (including phenoxy) is 2. The molecule has 1 aliphatic heterocycles.